The number of nitrogens with zero attached hydrogens (tertiary/aromatic N) is 3. The molecule has 2 atom stereocenters. The van der Waals surface area contributed by atoms with E-state index >= 15 is 0 Å². The summed E-state index contributed by atoms with van der Waals surface area (Å²) in [4.78, 5) is 35.3. The molecule has 2 aliphatic rings. The van der Waals surface area contributed by atoms with Crippen molar-refractivity contribution in [3.05, 3.63) is 42.7 Å². The predicted octanol–water partition coefficient (Wildman–Crippen LogP) is 3.07. The van der Waals surface area contributed by atoms with Gasteiger partial charge in [0.2, 0.25) is 0 Å². The molecule has 2 aromatic rings. The van der Waals surface area contributed by atoms with Gasteiger partial charge in [0, 0.05) is 43.1 Å². The van der Waals surface area contributed by atoms with Crippen molar-refractivity contribution in [1.29, 1.82) is 0 Å². The molecule has 6 nitrogen and oxygen atoms in total. The Morgan fingerprint density at radius 1 is 1.19 bits per heavy atom. The van der Waals surface area contributed by atoms with Gasteiger partial charge in [0.05, 0.1) is 14.1 Å². The third kappa shape index (κ3) is 5.31. The summed E-state index contributed by atoms with van der Waals surface area (Å²) in [5.41, 5.74) is 1.32. The minimum absolute atomic E-state index is 0.0614. The third-order valence-electron chi connectivity index (χ3n) is 5.97. The fourth-order valence-corrected chi connectivity index (χ4v) is 6.51. The lowest BCUT2D eigenvalue weighted by atomic mass is 10.1. The van der Waals surface area contributed by atoms with Crippen LogP contribution in [0.3, 0.4) is 0 Å². The van der Waals surface area contributed by atoms with Crippen LogP contribution >= 0.6 is 34.3 Å². The highest BCUT2D eigenvalue weighted by atomic mass is 35.5. The minimum atomic E-state index is -0.119. The van der Waals surface area contributed by atoms with E-state index in [4.69, 9.17) is 11.6 Å². The van der Waals surface area contributed by atoms with Crippen LogP contribution in [0.2, 0.25) is 4.34 Å². The first-order chi connectivity index (χ1) is 14.8. The van der Waals surface area contributed by atoms with Gasteiger partial charge in [-0.1, -0.05) is 11.6 Å². The Hall–Kier alpha value is -1.45. The van der Waals surface area contributed by atoms with Gasteiger partial charge in [0.25, 0.3) is 11.8 Å². The van der Waals surface area contributed by atoms with Crippen LogP contribution in [0.4, 0.5) is 0 Å². The first kappa shape index (κ1) is 22.7. The normalized spacial score (nSPS) is 21.9. The Labute approximate surface area is 196 Å². The number of halogens is 1. The largest absolute Gasteiger partial charge is 0.347 e. The standard InChI is InChI=1S/C22H29ClN4O2S2/c1-25(2)13-16-11-15(24-21(28)18-4-5-20(23)31-18)12-27(16)22(29)19-10-14-6-8-26(3)9-7-17(14)30-19/h4-5,10,15-16H,6-9,11-13H2,1-3H3,(H,24,28)/t15-,16+/m1/s1. The number of carbonyl (C=O) groups excluding carboxylic acids is 2. The Morgan fingerprint density at radius 2 is 1.97 bits per heavy atom. The summed E-state index contributed by atoms with van der Waals surface area (Å²) in [6.07, 6.45) is 2.76. The number of fused-ring (bicyclic) bond motifs is 1. The highest BCUT2D eigenvalue weighted by Gasteiger charge is 2.37. The molecule has 168 valence electrons. The number of carbonyl (C=O) groups is 2. The lowest BCUT2D eigenvalue weighted by Gasteiger charge is -2.26. The van der Waals surface area contributed by atoms with Gasteiger partial charge < -0.3 is 20.0 Å². The number of nitrogens with one attached hydrogen (secondary N) is 1. The van der Waals surface area contributed by atoms with Gasteiger partial charge in [0.15, 0.2) is 0 Å². The second-order valence-corrected chi connectivity index (χ2v) is 11.6. The van der Waals surface area contributed by atoms with Crippen LogP contribution in [0.1, 0.15) is 36.2 Å². The lowest BCUT2D eigenvalue weighted by molar-refractivity contribution is 0.0716. The zero-order chi connectivity index (χ0) is 22.1. The van der Waals surface area contributed by atoms with Gasteiger partial charge in [-0.05, 0) is 64.2 Å². The Bertz CT molecular complexity index is 932. The smallest absolute Gasteiger partial charge is 0.264 e. The molecule has 1 N–H and O–H groups in total. The molecule has 0 bridgehead atoms. The molecule has 2 aromatic heterocycles. The zero-order valence-corrected chi connectivity index (χ0v) is 20.6. The van der Waals surface area contributed by atoms with E-state index < -0.39 is 0 Å². The maximum Gasteiger partial charge on any atom is 0.264 e. The van der Waals surface area contributed by atoms with Crippen molar-refractivity contribution in [3.8, 4) is 0 Å². The molecule has 0 aliphatic carbocycles. The summed E-state index contributed by atoms with van der Waals surface area (Å²) in [5, 5.41) is 3.11. The van der Waals surface area contributed by atoms with E-state index in [0.717, 1.165) is 43.8 Å². The highest BCUT2D eigenvalue weighted by molar-refractivity contribution is 7.18. The van der Waals surface area contributed by atoms with Crippen molar-refractivity contribution >= 4 is 46.1 Å². The van der Waals surface area contributed by atoms with Crippen LogP contribution in [0.25, 0.3) is 0 Å². The number of hydrogen-bond acceptors (Lipinski definition) is 6. The fraction of sp³-hybridized carbons (Fsp3) is 0.545. The van der Waals surface area contributed by atoms with Crippen molar-refractivity contribution in [2.24, 2.45) is 0 Å². The highest BCUT2D eigenvalue weighted by Crippen LogP contribution is 2.30. The number of likely N-dealkylation sites (tertiary alicyclic amines) is 1. The van der Waals surface area contributed by atoms with Crippen molar-refractivity contribution in [2.75, 3.05) is 47.3 Å². The first-order valence-electron chi connectivity index (χ1n) is 10.6. The van der Waals surface area contributed by atoms with Gasteiger partial charge >= 0.3 is 0 Å². The fourth-order valence-electron chi connectivity index (χ4n) is 4.41. The van der Waals surface area contributed by atoms with Crippen molar-refractivity contribution in [2.45, 2.75) is 31.3 Å². The van der Waals surface area contributed by atoms with Gasteiger partial charge in [0.1, 0.15) is 0 Å². The molecule has 2 aliphatic heterocycles. The van der Waals surface area contributed by atoms with Gasteiger partial charge in [-0.25, -0.2) is 0 Å². The molecule has 0 aromatic carbocycles. The number of hydrogen-bond donors (Lipinski definition) is 1. The SMILES string of the molecule is CN(C)C[C@@H]1C[C@@H](NC(=O)c2ccc(Cl)s2)CN1C(=O)c1cc2c(s1)CCN(C)CC2. The topological polar surface area (TPSA) is 55.9 Å². The van der Waals surface area contributed by atoms with Crippen LogP contribution in [0.5, 0.6) is 0 Å². The van der Waals surface area contributed by atoms with E-state index in [9.17, 15) is 9.59 Å². The number of amides is 2. The van der Waals surface area contributed by atoms with Crippen LogP contribution in [-0.2, 0) is 12.8 Å². The van der Waals surface area contributed by atoms with E-state index in [-0.39, 0.29) is 23.9 Å². The third-order valence-corrected chi connectivity index (χ3v) is 8.43. The van der Waals surface area contributed by atoms with Gasteiger partial charge in [-0.2, -0.15) is 0 Å². The van der Waals surface area contributed by atoms with E-state index in [1.54, 1.807) is 23.5 Å². The summed E-state index contributed by atoms with van der Waals surface area (Å²) in [6.45, 7) is 3.38. The van der Waals surface area contributed by atoms with Crippen LogP contribution < -0.4 is 5.32 Å². The molecule has 4 rings (SSSR count). The summed E-state index contributed by atoms with van der Waals surface area (Å²) >= 11 is 8.90. The molecule has 1 fully saturated rings. The molecule has 9 heteroatoms. The summed E-state index contributed by atoms with van der Waals surface area (Å²) in [5.74, 6) is -0.0269. The number of thiophene rings is 2. The molecule has 1 saturated heterocycles. The molecular formula is C22H29ClN4O2S2. The second-order valence-electron chi connectivity index (χ2n) is 8.75. The van der Waals surface area contributed by atoms with E-state index in [1.807, 2.05) is 19.0 Å². The second kappa shape index (κ2) is 9.58. The summed E-state index contributed by atoms with van der Waals surface area (Å²) in [7, 11) is 6.19. The maximum absolute atomic E-state index is 13.5. The monoisotopic (exact) mass is 480 g/mol. The van der Waals surface area contributed by atoms with Crippen LogP contribution in [0.15, 0.2) is 18.2 Å². The average molecular weight is 481 g/mol. The molecule has 0 saturated carbocycles. The quantitative estimate of drug-likeness (QED) is 0.714. The zero-order valence-electron chi connectivity index (χ0n) is 18.2. The molecule has 0 unspecified atom stereocenters. The average Bonchev–Trinajstić information content (AvgIpc) is 3.40. The van der Waals surface area contributed by atoms with E-state index in [1.165, 1.54) is 21.8 Å². The molecule has 0 radical (unpaired) electrons. The number of rotatable bonds is 5. The molecule has 2 amide bonds. The van der Waals surface area contributed by atoms with E-state index in [2.05, 4.69) is 28.2 Å². The lowest BCUT2D eigenvalue weighted by Crippen LogP contribution is -2.41. The molecule has 0 spiro atoms. The minimum Gasteiger partial charge on any atom is -0.347 e. The Morgan fingerprint density at radius 3 is 2.68 bits per heavy atom. The van der Waals surface area contributed by atoms with Crippen LogP contribution in [0, 0.1) is 0 Å². The predicted molar refractivity (Wildman–Crippen MR) is 128 cm³/mol. The van der Waals surface area contributed by atoms with Gasteiger partial charge in [-0.15, -0.1) is 22.7 Å². The van der Waals surface area contributed by atoms with Crippen molar-refractivity contribution < 1.29 is 9.59 Å². The molecule has 4 heterocycles. The van der Waals surface area contributed by atoms with E-state index in [0.29, 0.717) is 15.8 Å². The number of likely N-dealkylation sites (N-methyl/N-ethyl adjacent to an activating group) is 2. The van der Waals surface area contributed by atoms with Gasteiger partial charge in [-0.3, -0.25) is 9.59 Å². The molecular weight excluding hydrogens is 452 g/mol. The Balaban J connectivity index is 1.48. The summed E-state index contributed by atoms with van der Waals surface area (Å²) in [6, 6.07) is 5.60. The molecule has 31 heavy (non-hydrogen) atoms. The van der Waals surface area contributed by atoms with Crippen molar-refractivity contribution in [3.63, 3.8) is 0 Å². The van der Waals surface area contributed by atoms with Crippen LogP contribution in [-0.4, -0.2) is 85.9 Å². The Kier molecular flexibility index (Phi) is 7.03. The summed E-state index contributed by atoms with van der Waals surface area (Å²) < 4.78 is 0.600. The first-order valence-corrected chi connectivity index (χ1v) is 12.6. The maximum atomic E-state index is 13.5. The van der Waals surface area contributed by atoms with Crippen molar-refractivity contribution in [1.82, 2.24) is 20.0 Å².